The number of rotatable bonds is 6. The zero-order chi connectivity index (χ0) is 20.5. The number of thiocarbonyl (C=S) groups is 1. The Morgan fingerprint density at radius 1 is 1.10 bits per heavy atom. The summed E-state index contributed by atoms with van der Waals surface area (Å²) < 4.78 is 6.57. The first kappa shape index (κ1) is 21.1. The quantitative estimate of drug-likeness (QED) is 0.556. The van der Waals surface area contributed by atoms with E-state index < -0.39 is 0 Å². The summed E-state index contributed by atoms with van der Waals surface area (Å²) in [4.78, 5) is 2.42. The smallest absolute Gasteiger partial charge is 0.173 e. The van der Waals surface area contributed by atoms with Crippen LogP contribution in [0.5, 0.6) is 0 Å². The van der Waals surface area contributed by atoms with Gasteiger partial charge in [-0.25, -0.2) is 0 Å². The molecule has 3 fully saturated rings. The minimum Gasteiger partial charge on any atom is -0.376 e. The fraction of sp³-hybridized carbons (Fsp3) is 0.720. The number of hydrogen-bond acceptors (Lipinski definition) is 2. The van der Waals surface area contributed by atoms with Crippen molar-refractivity contribution in [1.29, 1.82) is 0 Å². The van der Waals surface area contributed by atoms with Gasteiger partial charge in [-0.2, -0.15) is 0 Å². The van der Waals surface area contributed by atoms with Crippen molar-refractivity contribution in [3.63, 3.8) is 0 Å². The topological polar surface area (TPSA) is 24.5 Å². The van der Waals surface area contributed by atoms with Crippen molar-refractivity contribution in [3.05, 3.63) is 30.3 Å². The number of hydrogen-bond donors (Lipinski definition) is 1. The van der Waals surface area contributed by atoms with Crippen LogP contribution in [0.2, 0.25) is 0 Å². The summed E-state index contributed by atoms with van der Waals surface area (Å²) in [5, 5.41) is 4.32. The van der Waals surface area contributed by atoms with E-state index in [1.165, 1.54) is 51.4 Å². The van der Waals surface area contributed by atoms with E-state index >= 15 is 0 Å². The minimum absolute atomic E-state index is 0.329. The molecule has 29 heavy (non-hydrogen) atoms. The average Bonchev–Trinajstić information content (AvgIpc) is 3.06. The lowest BCUT2D eigenvalue weighted by Gasteiger charge is -2.40. The predicted octanol–water partition coefficient (Wildman–Crippen LogP) is 6.25. The first-order valence-electron chi connectivity index (χ1n) is 11.7. The number of nitrogens with zero attached hydrogens (tertiary/aromatic N) is 1. The van der Waals surface area contributed by atoms with E-state index in [2.05, 4.69) is 55.3 Å². The van der Waals surface area contributed by atoms with Crippen LogP contribution in [0.25, 0.3) is 0 Å². The second kappa shape index (κ2) is 8.55. The second-order valence-electron chi connectivity index (χ2n) is 10.3. The number of fused-ring (bicyclic) bond motifs is 2. The van der Waals surface area contributed by atoms with Gasteiger partial charge in [0.25, 0.3) is 0 Å². The summed E-state index contributed by atoms with van der Waals surface area (Å²) in [6, 6.07) is 10.9. The molecule has 0 aromatic heterocycles. The van der Waals surface area contributed by atoms with Crippen molar-refractivity contribution in [2.24, 2.45) is 16.7 Å². The molecule has 0 radical (unpaired) electrons. The van der Waals surface area contributed by atoms with E-state index in [-0.39, 0.29) is 0 Å². The lowest BCUT2D eigenvalue weighted by Crippen LogP contribution is -2.46. The maximum absolute atomic E-state index is 6.57. The van der Waals surface area contributed by atoms with E-state index in [1.54, 1.807) is 0 Å². The zero-order valence-electron chi connectivity index (χ0n) is 18.5. The fourth-order valence-corrected chi connectivity index (χ4v) is 6.59. The molecule has 0 unspecified atom stereocenters. The molecule has 3 nitrogen and oxygen atoms in total. The van der Waals surface area contributed by atoms with Crippen LogP contribution in [0.3, 0.4) is 0 Å². The van der Waals surface area contributed by atoms with Gasteiger partial charge in [-0.3, -0.25) is 0 Å². The molecule has 0 aliphatic heterocycles. The molecule has 0 spiro atoms. The van der Waals surface area contributed by atoms with Crippen LogP contribution in [0.4, 0.5) is 5.69 Å². The molecule has 2 bridgehead atoms. The van der Waals surface area contributed by atoms with Gasteiger partial charge in [-0.15, -0.1) is 0 Å². The molecule has 1 N–H and O–H groups in total. The first-order chi connectivity index (χ1) is 13.9. The Labute approximate surface area is 182 Å². The molecular weight excluding hydrogens is 376 g/mol. The molecule has 3 aliphatic carbocycles. The molecule has 4 heteroatoms. The molecule has 1 aromatic carbocycles. The molecule has 0 saturated heterocycles. The molecule has 3 saturated carbocycles. The largest absolute Gasteiger partial charge is 0.376 e. The highest BCUT2D eigenvalue weighted by Gasteiger charge is 2.61. The third-order valence-corrected chi connectivity index (χ3v) is 9.00. The predicted molar refractivity (Wildman–Crippen MR) is 125 cm³/mol. The number of nitrogens with one attached hydrogen (secondary N) is 1. The van der Waals surface area contributed by atoms with Crippen LogP contribution in [0, 0.1) is 16.7 Å². The van der Waals surface area contributed by atoms with Crippen molar-refractivity contribution in [2.75, 3.05) is 18.5 Å². The molecule has 4 rings (SSSR count). The van der Waals surface area contributed by atoms with E-state index in [1.807, 2.05) is 6.07 Å². The highest BCUT2D eigenvalue weighted by atomic mass is 32.1. The van der Waals surface area contributed by atoms with E-state index in [0.29, 0.717) is 23.0 Å². The number of benzene rings is 1. The van der Waals surface area contributed by atoms with Gasteiger partial charge in [0, 0.05) is 18.3 Å². The summed E-state index contributed by atoms with van der Waals surface area (Å²) in [5.74, 6) is 0.827. The van der Waals surface area contributed by atoms with Crippen molar-refractivity contribution >= 4 is 23.0 Å². The van der Waals surface area contributed by atoms with Gasteiger partial charge in [-0.1, -0.05) is 58.2 Å². The number of para-hydroxylation sites is 1. The Hall–Kier alpha value is -1.13. The number of ether oxygens (including phenoxy) is 1. The molecule has 0 amide bonds. The fourth-order valence-electron chi connectivity index (χ4n) is 6.24. The first-order valence-corrected chi connectivity index (χ1v) is 12.1. The summed E-state index contributed by atoms with van der Waals surface area (Å²) >= 11 is 5.86. The van der Waals surface area contributed by atoms with E-state index in [9.17, 15) is 0 Å². The molecule has 1 aromatic rings. The van der Waals surface area contributed by atoms with Gasteiger partial charge in [0.05, 0.1) is 12.7 Å². The lowest BCUT2D eigenvalue weighted by molar-refractivity contribution is -0.0505. The zero-order valence-corrected chi connectivity index (χ0v) is 19.3. The average molecular weight is 415 g/mol. The van der Waals surface area contributed by atoms with Crippen LogP contribution in [-0.4, -0.2) is 35.3 Å². The van der Waals surface area contributed by atoms with Gasteiger partial charge in [-0.05, 0) is 73.2 Å². The maximum Gasteiger partial charge on any atom is 0.173 e. The van der Waals surface area contributed by atoms with Crippen LogP contribution < -0.4 is 5.32 Å². The van der Waals surface area contributed by atoms with E-state index in [0.717, 1.165) is 29.9 Å². The molecule has 0 heterocycles. The highest BCUT2D eigenvalue weighted by molar-refractivity contribution is 7.80. The van der Waals surface area contributed by atoms with Gasteiger partial charge in [0.1, 0.15) is 0 Å². The molecule has 160 valence electrons. The number of anilines is 1. The molecular formula is C25H38N2OS. The van der Waals surface area contributed by atoms with Crippen molar-refractivity contribution in [3.8, 4) is 0 Å². The minimum atomic E-state index is 0.329. The van der Waals surface area contributed by atoms with Crippen LogP contribution in [-0.2, 0) is 4.74 Å². The monoisotopic (exact) mass is 414 g/mol. The van der Waals surface area contributed by atoms with Crippen molar-refractivity contribution in [1.82, 2.24) is 4.90 Å². The highest BCUT2D eigenvalue weighted by Crippen LogP contribution is 2.66. The SMILES string of the molecule is CC1(C)[C@@H]2CC[C@]1(C)[C@H](OCCN(C(=S)Nc1ccccc1)C1CCCCC1)C2. The third kappa shape index (κ3) is 4.07. The molecule has 3 atom stereocenters. The standard InChI is InChI=1S/C25H38N2OS/c1-24(2)19-14-15-25(24,3)22(18-19)28-17-16-27(21-12-8-5-9-13-21)23(29)26-20-10-6-4-7-11-20/h4,6-7,10-11,19,21-22H,5,8-9,12-18H2,1-3H3,(H,26,29)/t19-,22-,25-/m1/s1. The Balaban J connectivity index is 1.37. The maximum atomic E-state index is 6.57. The summed E-state index contributed by atoms with van der Waals surface area (Å²) in [6.07, 6.45) is 10.8. The van der Waals surface area contributed by atoms with Crippen LogP contribution in [0.15, 0.2) is 30.3 Å². The van der Waals surface area contributed by atoms with Gasteiger partial charge >= 0.3 is 0 Å². The Kier molecular flexibility index (Phi) is 6.22. The van der Waals surface area contributed by atoms with E-state index in [4.69, 9.17) is 17.0 Å². The summed E-state index contributed by atoms with van der Waals surface area (Å²) in [5.41, 5.74) is 1.81. The normalized spacial score (nSPS) is 31.0. The Morgan fingerprint density at radius 3 is 2.45 bits per heavy atom. The summed E-state index contributed by atoms with van der Waals surface area (Å²) in [6.45, 7) is 9.05. The van der Waals surface area contributed by atoms with Crippen LogP contribution in [0.1, 0.15) is 72.1 Å². The molecule has 3 aliphatic rings. The van der Waals surface area contributed by atoms with Gasteiger partial charge in [0.2, 0.25) is 0 Å². The lowest BCUT2D eigenvalue weighted by atomic mass is 9.70. The van der Waals surface area contributed by atoms with Gasteiger partial charge < -0.3 is 15.0 Å². The second-order valence-corrected chi connectivity index (χ2v) is 10.6. The Morgan fingerprint density at radius 2 is 1.83 bits per heavy atom. The summed E-state index contributed by atoms with van der Waals surface area (Å²) in [7, 11) is 0. The third-order valence-electron chi connectivity index (χ3n) is 8.67. The van der Waals surface area contributed by atoms with Gasteiger partial charge in [0.15, 0.2) is 5.11 Å². The van der Waals surface area contributed by atoms with Crippen molar-refractivity contribution < 1.29 is 4.74 Å². The van der Waals surface area contributed by atoms with Crippen molar-refractivity contribution in [2.45, 2.75) is 84.3 Å². The Bertz CT molecular complexity index is 700. The van der Waals surface area contributed by atoms with Crippen LogP contribution >= 0.6 is 12.2 Å².